The minimum absolute atomic E-state index is 0.00133. The minimum atomic E-state index is -0.00133. The van der Waals surface area contributed by atoms with Crippen molar-refractivity contribution in [1.29, 1.82) is 0 Å². The minimum Gasteiger partial charge on any atom is -0.337 e. The van der Waals surface area contributed by atoms with Crippen LogP contribution < -0.4 is 0 Å². The number of carbonyl (C=O) groups is 1. The van der Waals surface area contributed by atoms with E-state index in [4.69, 9.17) is 0 Å². The van der Waals surface area contributed by atoms with Crippen LogP contribution in [0.4, 0.5) is 0 Å². The van der Waals surface area contributed by atoms with Crippen molar-refractivity contribution in [2.45, 2.75) is 27.7 Å². The predicted molar refractivity (Wildman–Crippen MR) is 117 cm³/mol. The molecule has 0 fully saturated rings. The third kappa shape index (κ3) is 4.82. The van der Waals surface area contributed by atoms with Crippen LogP contribution in [0.1, 0.15) is 38.1 Å². The summed E-state index contributed by atoms with van der Waals surface area (Å²) >= 11 is 0. The molecule has 6 nitrogen and oxygen atoms in total. The van der Waals surface area contributed by atoms with Gasteiger partial charge in [0.25, 0.3) is 5.91 Å². The van der Waals surface area contributed by atoms with Crippen molar-refractivity contribution < 1.29 is 4.79 Å². The highest BCUT2D eigenvalue weighted by Crippen LogP contribution is 2.21. The first kappa shape index (κ1) is 21.0. The van der Waals surface area contributed by atoms with Gasteiger partial charge in [-0.1, -0.05) is 58.0 Å². The summed E-state index contributed by atoms with van der Waals surface area (Å²) in [5.41, 5.74) is 3.13. The van der Waals surface area contributed by atoms with E-state index in [1.807, 2.05) is 41.3 Å². The molecule has 0 radical (unpaired) electrons. The molecule has 3 aromatic rings. The molecule has 0 saturated carbocycles. The lowest BCUT2D eigenvalue weighted by molar-refractivity contribution is 0.0718. The molecule has 2 aromatic heterocycles. The normalized spacial score (nSPS) is 11.5. The van der Waals surface area contributed by atoms with Crippen molar-refractivity contribution in [3.8, 4) is 11.3 Å². The first-order valence-electron chi connectivity index (χ1n) is 10.4. The quantitative estimate of drug-likeness (QED) is 0.554. The van der Waals surface area contributed by atoms with Crippen molar-refractivity contribution in [1.82, 2.24) is 24.4 Å². The Morgan fingerprint density at radius 2 is 1.79 bits per heavy atom. The highest BCUT2D eigenvalue weighted by atomic mass is 16.2. The molecule has 0 unspecified atom stereocenters. The highest BCUT2D eigenvalue weighted by molar-refractivity contribution is 6.00. The van der Waals surface area contributed by atoms with Crippen LogP contribution in [0.25, 0.3) is 16.9 Å². The van der Waals surface area contributed by atoms with Gasteiger partial charge >= 0.3 is 0 Å². The molecule has 0 atom stereocenters. The van der Waals surface area contributed by atoms with E-state index >= 15 is 0 Å². The van der Waals surface area contributed by atoms with Gasteiger partial charge in [-0.3, -0.25) is 4.79 Å². The van der Waals surface area contributed by atoms with Gasteiger partial charge in [-0.25, -0.2) is 9.50 Å². The molecule has 0 N–H and O–H groups in total. The number of benzene rings is 1. The summed E-state index contributed by atoms with van der Waals surface area (Å²) in [6.07, 6.45) is 3.40. The molecule has 1 aromatic carbocycles. The fourth-order valence-corrected chi connectivity index (χ4v) is 3.56. The van der Waals surface area contributed by atoms with Crippen LogP contribution in [0.3, 0.4) is 0 Å². The third-order valence-corrected chi connectivity index (χ3v) is 5.15. The van der Waals surface area contributed by atoms with Gasteiger partial charge < -0.3 is 9.80 Å². The highest BCUT2D eigenvalue weighted by Gasteiger charge is 2.22. The Morgan fingerprint density at radius 3 is 2.45 bits per heavy atom. The van der Waals surface area contributed by atoms with Crippen molar-refractivity contribution in [2.24, 2.45) is 5.92 Å². The van der Waals surface area contributed by atoms with E-state index in [0.717, 1.165) is 37.4 Å². The van der Waals surface area contributed by atoms with Crippen LogP contribution >= 0.6 is 0 Å². The van der Waals surface area contributed by atoms with Crippen molar-refractivity contribution >= 4 is 11.6 Å². The molecule has 1 amide bonds. The summed E-state index contributed by atoms with van der Waals surface area (Å²) < 4.78 is 1.76. The first-order valence-corrected chi connectivity index (χ1v) is 10.4. The van der Waals surface area contributed by atoms with E-state index in [2.05, 4.69) is 42.7 Å². The summed E-state index contributed by atoms with van der Waals surface area (Å²) in [5.74, 6) is 0.392. The third-order valence-electron chi connectivity index (χ3n) is 5.15. The van der Waals surface area contributed by atoms with Crippen molar-refractivity contribution in [3.63, 3.8) is 0 Å². The van der Waals surface area contributed by atoms with Gasteiger partial charge in [-0.2, -0.15) is 5.10 Å². The number of rotatable bonds is 9. The van der Waals surface area contributed by atoms with E-state index in [0.29, 0.717) is 23.7 Å². The second-order valence-corrected chi connectivity index (χ2v) is 7.66. The Hall–Kier alpha value is -2.73. The molecule has 0 aliphatic heterocycles. The van der Waals surface area contributed by atoms with E-state index < -0.39 is 0 Å². The average molecular weight is 394 g/mol. The molecule has 0 aliphatic carbocycles. The molecular formula is C23H31N5O. The monoisotopic (exact) mass is 393 g/mol. The number of nitrogens with zero attached hydrogens (tertiary/aromatic N) is 5. The van der Waals surface area contributed by atoms with Gasteiger partial charge in [0.05, 0.1) is 11.9 Å². The van der Waals surface area contributed by atoms with Gasteiger partial charge in [0.2, 0.25) is 0 Å². The standard InChI is InChI=1S/C23H31N5O/c1-5-26(6-2)14-15-27(17-18(3)4)23(29)20-16-25-28-21(12-13-24-22(20)28)19-10-8-7-9-11-19/h7-13,16,18H,5-6,14-15,17H2,1-4H3. The number of hydrogen-bond acceptors (Lipinski definition) is 4. The zero-order chi connectivity index (χ0) is 20.8. The molecule has 0 aliphatic rings. The lowest BCUT2D eigenvalue weighted by Crippen LogP contribution is -2.40. The van der Waals surface area contributed by atoms with Gasteiger partial charge in [0.15, 0.2) is 5.65 Å². The molecule has 3 rings (SSSR count). The second kappa shape index (κ2) is 9.65. The van der Waals surface area contributed by atoms with Crippen LogP contribution in [0, 0.1) is 5.92 Å². The molecule has 154 valence electrons. The number of likely N-dealkylation sites (N-methyl/N-ethyl adjacent to an activating group) is 1. The van der Waals surface area contributed by atoms with E-state index in [-0.39, 0.29) is 5.91 Å². The molecule has 0 bridgehead atoms. The van der Waals surface area contributed by atoms with E-state index in [1.54, 1.807) is 16.9 Å². The molecule has 0 spiro atoms. The summed E-state index contributed by atoms with van der Waals surface area (Å²) in [5, 5.41) is 4.50. The maximum Gasteiger partial charge on any atom is 0.259 e. The number of aromatic nitrogens is 3. The van der Waals surface area contributed by atoms with Crippen LogP contribution in [-0.4, -0.2) is 63.0 Å². The van der Waals surface area contributed by atoms with Crippen LogP contribution in [-0.2, 0) is 0 Å². The molecule has 6 heteroatoms. The summed E-state index contributed by atoms with van der Waals surface area (Å²) in [6.45, 7) is 12.8. The van der Waals surface area contributed by atoms with Crippen molar-refractivity contribution in [3.05, 3.63) is 54.4 Å². The maximum atomic E-state index is 13.4. The maximum absolute atomic E-state index is 13.4. The average Bonchev–Trinajstić information content (AvgIpc) is 3.17. The predicted octanol–water partition coefficient (Wildman–Crippen LogP) is 3.84. The Morgan fingerprint density at radius 1 is 1.07 bits per heavy atom. The van der Waals surface area contributed by atoms with Crippen LogP contribution in [0.15, 0.2) is 48.8 Å². The Labute approximate surface area is 173 Å². The second-order valence-electron chi connectivity index (χ2n) is 7.66. The number of carbonyl (C=O) groups excluding carboxylic acids is 1. The molecule has 29 heavy (non-hydrogen) atoms. The lowest BCUT2D eigenvalue weighted by atomic mass is 10.1. The molecule has 0 saturated heterocycles. The SMILES string of the molecule is CCN(CC)CCN(CC(C)C)C(=O)c1cnn2c(-c3ccccc3)ccnc12. The zero-order valence-corrected chi connectivity index (χ0v) is 17.9. The number of amides is 1. The van der Waals surface area contributed by atoms with E-state index in [1.165, 1.54) is 0 Å². The fourth-order valence-electron chi connectivity index (χ4n) is 3.56. The van der Waals surface area contributed by atoms with Crippen LogP contribution in [0.2, 0.25) is 0 Å². The Bertz CT molecular complexity index is 931. The number of fused-ring (bicyclic) bond motifs is 1. The van der Waals surface area contributed by atoms with Gasteiger partial charge in [0.1, 0.15) is 5.56 Å². The van der Waals surface area contributed by atoms with Gasteiger partial charge in [-0.15, -0.1) is 0 Å². The topological polar surface area (TPSA) is 53.7 Å². The van der Waals surface area contributed by atoms with Gasteiger partial charge in [0, 0.05) is 31.4 Å². The first-order chi connectivity index (χ1) is 14.0. The smallest absolute Gasteiger partial charge is 0.259 e. The zero-order valence-electron chi connectivity index (χ0n) is 17.9. The summed E-state index contributed by atoms with van der Waals surface area (Å²) in [4.78, 5) is 22.2. The van der Waals surface area contributed by atoms with E-state index in [9.17, 15) is 4.79 Å². The Kier molecular flexibility index (Phi) is 6.99. The largest absolute Gasteiger partial charge is 0.337 e. The molecule has 2 heterocycles. The number of hydrogen-bond donors (Lipinski definition) is 0. The van der Waals surface area contributed by atoms with Gasteiger partial charge in [-0.05, 0) is 25.1 Å². The Balaban J connectivity index is 1.92. The summed E-state index contributed by atoms with van der Waals surface area (Å²) in [7, 11) is 0. The van der Waals surface area contributed by atoms with Crippen molar-refractivity contribution in [2.75, 3.05) is 32.7 Å². The fraction of sp³-hybridized carbons (Fsp3) is 0.435. The molecular weight excluding hydrogens is 362 g/mol. The summed E-state index contributed by atoms with van der Waals surface area (Å²) in [6, 6.07) is 12.0. The van der Waals surface area contributed by atoms with Crippen LogP contribution in [0.5, 0.6) is 0 Å². The lowest BCUT2D eigenvalue weighted by Gasteiger charge is -2.27.